The molecule has 0 aromatic heterocycles. The maximum Gasteiger partial charge on any atom is 0.303 e. The van der Waals surface area contributed by atoms with Crippen molar-refractivity contribution in [1.29, 1.82) is 0 Å². The molecule has 208 valence electrons. The number of carbonyl (C=O) groups is 4. The largest absolute Gasteiger partial charge is 0.463 e. The van der Waals surface area contributed by atoms with Crippen LogP contribution in [0.1, 0.15) is 61.3 Å². The first-order valence-corrected chi connectivity index (χ1v) is 15.1. The molecule has 1 saturated heterocycles. The second-order valence-corrected chi connectivity index (χ2v) is 15.2. The lowest BCUT2D eigenvalue weighted by Crippen LogP contribution is -2.66. The highest BCUT2D eigenvalue weighted by Gasteiger charge is 2.51. The summed E-state index contributed by atoms with van der Waals surface area (Å²) in [5, 5.41) is 2.80. The van der Waals surface area contributed by atoms with E-state index in [-0.39, 0.29) is 18.3 Å². The SMILES string of the molecule is CC(=O)N[C@H]1[C@H](OCCCCO[Si](C)(C)C(C)(C)C)O[C@H](COC(C)=O)[C@H](OC(C)=O)[C@@H]1OC(C)=O. The van der Waals surface area contributed by atoms with Crippen molar-refractivity contribution in [3.63, 3.8) is 0 Å². The molecular formula is C24H43NO10Si. The summed E-state index contributed by atoms with van der Waals surface area (Å²) >= 11 is 0. The maximum absolute atomic E-state index is 12.0. The monoisotopic (exact) mass is 533 g/mol. The number of amides is 1. The Labute approximate surface area is 215 Å². The predicted octanol–water partition coefficient (Wildman–Crippen LogP) is 2.46. The minimum atomic E-state index is -1.84. The van der Waals surface area contributed by atoms with Gasteiger partial charge < -0.3 is 33.4 Å². The van der Waals surface area contributed by atoms with E-state index in [1.54, 1.807) is 0 Å². The fourth-order valence-electron chi connectivity index (χ4n) is 3.38. The van der Waals surface area contributed by atoms with Crippen molar-refractivity contribution in [1.82, 2.24) is 5.32 Å². The Balaban J connectivity index is 2.97. The van der Waals surface area contributed by atoms with Crippen molar-refractivity contribution in [2.45, 2.75) is 110 Å². The summed E-state index contributed by atoms with van der Waals surface area (Å²) in [5.74, 6) is -2.29. The maximum atomic E-state index is 12.0. The van der Waals surface area contributed by atoms with Gasteiger partial charge in [0.25, 0.3) is 0 Å². The van der Waals surface area contributed by atoms with Crippen LogP contribution in [-0.4, -0.2) is 82.6 Å². The Hall–Kier alpha value is -2.02. The van der Waals surface area contributed by atoms with Crippen molar-refractivity contribution in [2.24, 2.45) is 0 Å². The zero-order valence-electron chi connectivity index (χ0n) is 23.0. The van der Waals surface area contributed by atoms with E-state index in [0.717, 1.165) is 6.42 Å². The van der Waals surface area contributed by atoms with Gasteiger partial charge in [0, 0.05) is 40.9 Å². The fourth-order valence-corrected chi connectivity index (χ4v) is 4.47. The molecular weight excluding hydrogens is 490 g/mol. The summed E-state index contributed by atoms with van der Waals surface area (Å²) in [5.41, 5.74) is 0. The normalized spacial score (nSPS) is 24.5. The van der Waals surface area contributed by atoms with Crippen LogP contribution in [0.2, 0.25) is 18.1 Å². The molecule has 5 atom stereocenters. The molecule has 0 aromatic rings. The van der Waals surface area contributed by atoms with Gasteiger partial charge in [0.15, 0.2) is 26.8 Å². The van der Waals surface area contributed by atoms with E-state index in [2.05, 4.69) is 39.2 Å². The molecule has 1 aliphatic rings. The number of ether oxygens (including phenoxy) is 5. The van der Waals surface area contributed by atoms with Crippen LogP contribution in [0.4, 0.5) is 0 Å². The van der Waals surface area contributed by atoms with Crippen molar-refractivity contribution in [2.75, 3.05) is 19.8 Å². The molecule has 0 aromatic carbocycles. The van der Waals surface area contributed by atoms with Gasteiger partial charge in [-0.25, -0.2) is 0 Å². The van der Waals surface area contributed by atoms with Gasteiger partial charge in [0.05, 0.1) is 0 Å². The Morgan fingerprint density at radius 3 is 1.92 bits per heavy atom. The minimum absolute atomic E-state index is 0.117. The average Bonchev–Trinajstić information content (AvgIpc) is 2.71. The summed E-state index contributed by atoms with van der Waals surface area (Å²) in [6, 6.07) is -0.965. The predicted molar refractivity (Wildman–Crippen MR) is 132 cm³/mol. The second-order valence-electron chi connectivity index (χ2n) is 10.4. The summed E-state index contributed by atoms with van der Waals surface area (Å²) in [6.07, 6.45) is -2.89. The fraction of sp³-hybridized carbons (Fsp3) is 0.833. The van der Waals surface area contributed by atoms with Crippen LogP contribution in [0.5, 0.6) is 0 Å². The topological polar surface area (TPSA) is 136 Å². The molecule has 11 nitrogen and oxygen atoms in total. The molecule has 1 fully saturated rings. The lowest BCUT2D eigenvalue weighted by Gasteiger charge is -2.45. The van der Waals surface area contributed by atoms with Crippen molar-refractivity contribution >= 4 is 32.1 Å². The third-order valence-corrected chi connectivity index (χ3v) is 10.7. The molecule has 1 rings (SSSR count). The highest BCUT2D eigenvalue weighted by molar-refractivity contribution is 6.74. The van der Waals surface area contributed by atoms with Gasteiger partial charge in [-0.05, 0) is 31.0 Å². The number of unbranched alkanes of at least 4 members (excludes halogenated alkanes) is 1. The number of hydrogen-bond donors (Lipinski definition) is 1. The molecule has 0 saturated carbocycles. The van der Waals surface area contributed by atoms with Crippen molar-refractivity contribution < 1.29 is 47.3 Å². The standard InChI is InChI=1S/C24H43NO10Si/c1-15(26)25-20-22(34-18(4)29)21(33-17(3)28)19(14-31-16(2)27)35-23(20)30-12-10-11-13-32-36(8,9)24(5,6)7/h19-23H,10-14H2,1-9H3,(H,25,26)/t19-,20-,21+,22-,23-/m1/s1. The molecule has 1 heterocycles. The van der Waals surface area contributed by atoms with Gasteiger partial charge >= 0.3 is 17.9 Å². The van der Waals surface area contributed by atoms with Gasteiger partial charge in [-0.1, -0.05) is 20.8 Å². The summed E-state index contributed by atoms with van der Waals surface area (Å²) in [6.45, 7) is 16.4. The second kappa shape index (κ2) is 14.1. The third kappa shape index (κ3) is 10.5. The lowest BCUT2D eigenvalue weighted by molar-refractivity contribution is -0.277. The quantitative estimate of drug-likeness (QED) is 0.172. The van der Waals surface area contributed by atoms with Crippen LogP contribution in [0.25, 0.3) is 0 Å². The van der Waals surface area contributed by atoms with E-state index in [4.69, 9.17) is 28.1 Å². The first kappa shape index (κ1) is 32.0. The van der Waals surface area contributed by atoms with Gasteiger partial charge in [0.1, 0.15) is 18.8 Å². The molecule has 0 unspecified atom stereocenters. The lowest BCUT2D eigenvalue weighted by atomic mass is 9.96. The van der Waals surface area contributed by atoms with E-state index in [0.29, 0.717) is 13.0 Å². The first-order chi connectivity index (χ1) is 16.5. The van der Waals surface area contributed by atoms with E-state index in [9.17, 15) is 19.2 Å². The van der Waals surface area contributed by atoms with E-state index in [1.807, 2.05) is 0 Å². The number of nitrogens with one attached hydrogen (secondary N) is 1. The summed E-state index contributed by atoms with van der Waals surface area (Å²) < 4.78 is 34.0. The molecule has 1 N–H and O–H groups in total. The Morgan fingerprint density at radius 1 is 0.861 bits per heavy atom. The van der Waals surface area contributed by atoms with Gasteiger partial charge in [-0.2, -0.15) is 0 Å². The van der Waals surface area contributed by atoms with E-state index >= 15 is 0 Å². The van der Waals surface area contributed by atoms with Gasteiger partial charge in [0.2, 0.25) is 5.91 Å². The van der Waals surface area contributed by atoms with E-state index < -0.39 is 62.8 Å². The Bertz CT molecular complexity index is 766. The minimum Gasteiger partial charge on any atom is -0.463 e. The molecule has 0 aliphatic carbocycles. The highest BCUT2D eigenvalue weighted by Crippen LogP contribution is 2.36. The van der Waals surface area contributed by atoms with Crippen LogP contribution >= 0.6 is 0 Å². The van der Waals surface area contributed by atoms with Crippen LogP contribution in [-0.2, 0) is 47.3 Å². The smallest absolute Gasteiger partial charge is 0.303 e. The highest BCUT2D eigenvalue weighted by atomic mass is 28.4. The van der Waals surface area contributed by atoms with Crippen LogP contribution in [0.15, 0.2) is 0 Å². The third-order valence-electron chi connectivity index (χ3n) is 6.16. The average molecular weight is 534 g/mol. The van der Waals surface area contributed by atoms with Gasteiger partial charge in [-0.3, -0.25) is 19.2 Å². The van der Waals surface area contributed by atoms with Crippen LogP contribution in [0, 0.1) is 0 Å². The number of carbonyl (C=O) groups excluding carboxylic acids is 4. The summed E-state index contributed by atoms with van der Waals surface area (Å²) in [4.78, 5) is 47.0. The number of esters is 3. The Kier molecular flexibility index (Phi) is 12.5. The van der Waals surface area contributed by atoms with Crippen molar-refractivity contribution in [3.05, 3.63) is 0 Å². The first-order valence-electron chi connectivity index (χ1n) is 12.2. The number of hydrogen-bond acceptors (Lipinski definition) is 10. The molecule has 0 bridgehead atoms. The zero-order chi connectivity index (χ0) is 27.7. The molecule has 0 radical (unpaired) electrons. The van der Waals surface area contributed by atoms with Crippen LogP contribution in [0.3, 0.4) is 0 Å². The molecule has 36 heavy (non-hydrogen) atoms. The van der Waals surface area contributed by atoms with Crippen LogP contribution < -0.4 is 5.32 Å². The summed E-state index contributed by atoms with van der Waals surface area (Å²) in [7, 11) is -1.84. The number of rotatable bonds is 12. The zero-order valence-corrected chi connectivity index (χ0v) is 24.0. The molecule has 12 heteroatoms. The van der Waals surface area contributed by atoms with E-state index in [1.165, 1.54) is 27.7 Å². The molecule has 1 amide bonds. The Morgan fingerprint density at radius 2 is 1.42 bits per heavy atom. The molecule has 1 aliphatic heterocycles. The van der Waals surface area contributed by atoms with Gasteiger partial charge in [-0.15, -0.1) is 0 Å². The molecule has 0 spiro atoms. The van der Waals surface area contributed by atoms with Crippen molar-refractivity contribution in [3.8, 4) is 0 Å².